The fourth-order valence-electron chi connectivity index (χ4n) is 12.0. The molecule has 0 radical (unpaired) electrons. The number of nitrogens with one attached hydrogen (secondary N) is 1. The molecule has 0 spiro atoms. The molecule has 4 bridgehead atoms. The average molecular weight is 1430 g/mol. The zero-order valence-electron chi connectivity index (χ0n) is 51.8. The molecule has 514 valence electrons. The predicted molar refractivity (Wildman–Crippen MR) is 389 cm³/mol. The molecule has 93 heavy (non-hydrogen) atoms. The van der Waals surface area contributed by atoms with Crippen LogP contribution >= 0.6 is 81.2 Å². The van der Waals surface area contributed by atoms with Gasteiger partial charge in [0.05, 0.1) is 46.1 Å². The molecule has 5 atom stereocenters. The van der Waals surface area contributed by atoms with Gasteiger partial charge in [0.15, 0.2) is 5.78 Å². The Bertz CT molecular complexity index is 3560. The summed E-state index contributed by atoms with van der Waals surface area (Å²) in [5.74, 6) is 5.07. The number of hydrazine groups is 2. The van der Waals surface area contributed by atoms with E-state index in [1.807, 2.05) is 76.2 Å². The Kier molecular flexibility index (Phi) is 31.5. The van der Waals surface area contributed by atoms with Crippen molar-refractivity contribution in [1.29, 1.82) is 0 Å². The van der Waals surface area contributed by atoms with Crippen LogP contribution < -0.4 is 22.3 Å². The monoisotopic (exact) mass is 1420 g/mol. The number of nitrogens with two attached hydrogens (primary N) is 1. The van der Waals surface area contributed by atoms with E-state index in [-0.39, 0.29) is 87.4 Å². The molecule has 10 rings (SSSR count). The van der Waals surface area contributed by atoms with Crippen LogP contribution in [0.15, 0.2) is 120 Å². The summed E-state index contributed by atoms with van der Waals surface area (Å²) in [6.07, 6.45) is 3.00. The number of ketones is 1. The Hall–Kier alpha value is -5.24. The predicted octanol–water partition coefficient (Wildman–Crippen LogP) is 18.9. The van der Waals surface area contributed by atoms with Crippen molar-refractivity contribution in [2.75, 3.05) is 12.5 Å². The van der Waals surface area contributed by atoms with Gasteiger partial charge in [-0.15, -0.1) is 0 Å². The number of Topliss-reactive ketones (excluding diaryl/α,β-unsaturated/α-hetero) is 1. The Balaban J connectivity index is 0.000000609. The largest absolute Gasteiger partial charge is 0.490 e. The van der Waals surface area contributed by atoms with E-state index in [4.69, 9.17) is 107 Å². The van der Waals surface area contributed by atoms with Crippen LogP contribution in [0.5, 0.6) is 0 Å². The third-order valence-corrected chi connectivity index (χ3v) is 19.2. The van der Waals surface area contributed by atoms with E-state index in [2.05, 4.69) is 56.9 Å². The third-order valence-electron chi connectivity index (χ3n) is 17.3. The van der Waals surface area contributed by atoms with Crippen LogP contribution in [-0.2, 0) is 37.6 Å². The molecule has 0 aliphatic heterocycles. The maximum absolute atomic E-state index is 13.8. The number of carbonyl (C=O) groups is 4. The van der Waals surface area contributed by atoms with E-state index < -0.39 is 41.7 Å². The van der Waals surface area contributed by atoms with Gasteiger partial charge in [-0.1, -0.05) is 209 Å². The van der Waals surface area contributed by atoms with E-state index in [0.29, 0.717) is 54.6 Å². The fraction of sp³-hybridized carbons (Fsp3) is 0.471. The SMILES string of the molecule is C.C.C.C.C.CC(C)(C)OC(=O)N(Cc1ccccc1)Nc1cc(Cl)ccc1Cl.CC1(C)[C@H]2CC[C@]1(C)C(=O)C2C(=O)Cl.CC1(C)[C@H]2CC[C@]1(C)c1c2c(=O)n(-c2cc(Cl)ccc2Cl)n1Cc1ccccc1.CN(N)C(=O)OC(C)(C)C.OB(O)c1cc(Cl)ccc1Cl. The number of nitrogens with zero attached hydrogens (tertiary/aromatic N) is 4. The number of fused-ring (bicyclic) bond motifs is 7. The number of aromatic nitrogens is 2. The maximum atomic E-state index is 13.8. The van der Waals surface area contributed by atoms with E-state index >= 15 is 0 Å². The summed E-state index contributed by atoms with van der Waals surface area (Å²) in [5.41, 5.74) is 7.24. The second kappa shape index (κ2) is 34.1. The zero-order valence-corrected chi connectivity index (χ0v) is 57.1. The van der Waals surface area contributed by atoms with Crippen molar-refractivity contribution in [1.82, 2.24) is 19.4 Å². The quantitative estimate of drug-likeness (QED) is 0.0268. The van der Waals surface area contributed by atoms with Gasteiger partial charge in [-0.2, -0.15) is 0 Å². The van der Waals surface area contributed by atoms with Gasteiger partial charge in [-0.3, -0.25) is 24.5 Å². The number of amides is 2. The van der Waals surface area contributed by atoms with Gasteiger partial charge in [-0.05, 0) is 167 Å². The average Bonchev–Trinajstić information content (AvgIpc) is 1.52. The number of benzene rings is 5. The minimum absolute atomic E-state index is 0. The van der Waals surface area contributed by atoms with Gasteiger partial charge in [0.25, 0.3) is 5.56 Å². The number of rotatable bonds is 9. The first-order chi connectivity index (χ1) is 40.8. The highest BCUT2D eigenvalue weighted by atomic mass is 35.5. The molecule has 5 N–H and O–H groups in total. The Morgan fingerprint density at radius 1 is 0.645 bits per heavy atom. The van der Waals surface area contributed by atoms with E-state index in [9.17, 15) is 24.0 Å². The van der Waals surface area contributed by atoms with Crippen molar-refractivity contribution in [2.45, 2.75) is 182 Å². The van der Waals surface area contributed by atoms with Crippen LogP contribution in [0.25, 0.3) is 5.69 Å². The van der Waals surface area contributed by atoms with Gasteiger partial charge < -0.3 is 19.5 Å². The molecule has 1 heterocycles. The van der Waals surface area contributed by atoms with Crippen LogP contribution in [0.1, 0.15) is 174 Å². The summed E-state index contributed by atoms with van der Waals surface area (Å²) in [6, 6.07) is 34.7. The number of hydrogen-bond donors (Lipinski definition) is 4. The number of anilines is 1. The molecule has 0 saturated heterocycles. The van der Waals surface area contributed by atoms with E-state index in [1.54, 1.807) is 67.9 Å². The maximum Gasteiger partial charge on any atom is 0.490 e. The van der Waals surface area contributed by atoms with Gasteiger partial charge in [0.2, 0.25) is 5.24 Å². The summed E-state index contributed by atoms with van der Waals surface area (Å²) in [4.78, 5) is 60.3. The third kappa shape index (κ3) is 19.7. The molecule has 4 aliphatic rings. The van der Waals surface area contributed by atoms with Crippen molar-refractivity contribution in [3.05, 3.63) is 178 Å². The van der Waals surface area contributed by atoms with Crippen LogP contribution in [0.3, 0.4) is 0 Å². The van der Waals surface area contributed by atoms with Crippen molar-refractivity contribution < 1.29 is 38.7 Å². The molecular formula is C70H98BCl7N6O9. The van der Waals surface area contributed by atoms with Crippen molar-refractivity contribution in [3.63, 3.8) is 0 Å². The number of hydrogen-bond acceptors (Lipinski definition) is 11. The lowest BCUT2D eigenvalue weighted by Gasteiger charge is -2.36. The lowest BCUT2D eigenvalue weighted by atomic mass is 9.70. The molecule has 1 unspecified atom stereocenters. The first kappa shape index (κ1) is 85.8. The van der Waals surface area contributed by atoms with Gasteiger partial charge >= 0.3 is 19.3 Å². The molecular weight excluding hydrogens is 1330 g/mol. The molecule has 4 aliphatic carbocycles. The van der Waals surface area contributed by atoms with Crippen molar-refractivity contribution in [2.24, 2.45) is 33.9 Å². The molecule has 5 aromatic carbocycles. The standard InChI is InChI=1S/C24H24Cl2N2O.C18H20Cl2N2O2.C11H15ClO2.C6H5BCl2O2.C6H14N2O2.5CH4/c1-23(2)17-11-12-24(23,3)21-20(17)22(29)28(19-13-16(25)9-10-18(19)26)27(21)14-15-7-5-4-6-8-15;1-18(2,3)24-17(23)22(12-13-7-5-4-6-8-13)21-16-11-14(19)9-10-15(16)20;1-10(2)6-4-5-11(10,3)8(13)7(6)9(12)14;8-4-1-2-6(9)5(3-4)7(10)11;1-6(2,3)10-5(9)8(4)7;;;;;/h4-10,13,17H,11-12,14H2,1-3H3;4-11,21H,12H2,1-3H3;6-7H,4-5H2,1-3H3;1-3,10-11H;7H2,1-4H3;5*1H4/t17-,24+;;6-,7?,11+;;;;;;;/m0.0......./s1. The molecule has 3 saturated carbocycles. The first-order valence-electron chi connectivity index (χ1n) is 28.6. The second-order valence-corrected chi connectivity index (χ2v) is 28.8. The minimum atomic E-state index is -1.57. The second-order valence-electron chi connectivity index (χ2n) is 25.9. The highest BCUT2D eigenvalue weighted by Crippen LogP contribution is 2.68. The Morgan fingerprint density at radius 2 is 1.12 bits per heavy atom. The smallest absolute Gasteiger partial charge is 0.443 e. The zero-order chi connectivity index (χ0) is 65.8. The number of halogens is 7. The van der Waals surface area contributed by atoms with Crippen LogP contribution in [-0.4, -0.2) is 78.0 Å². The van der Waals surface area contributed by atoms with Gasteiger partial charge in [0.1, 0.15) is 11.2 Å². The molecule has 15 nitrogen and oxygen atoms in total. The topological polar surface area (TPSA) is 199 Å². The van der Waals surface area contributed by atoms with Crippen LogP contribution in [0.2, 0.25) is 30.1 Å². The highest BCUT2D eigenvalue weighted by Gasteiger charge is 2.68. The van der Waals surface area contributed by atoms with Crippen LogP contribution in [0.4, 0.5) is 15.3 Å². The van der Waals surface area contributed by atoms with Crippen LogP contribution in [0, 0.1) is 28.1 Å². The summed E-state index contributed by atoms with van der Waals surface area (Å²) in [5, 5.41) is 22.1. The lowest BCUT2D eigenvalue weighted by Crippen LogP contribution is -2.40. The number of carbonyl (C=O) groups excluding carboxylic acids is 4. The fourth-order valence-corrected chi connectivity index (χ4v) is 13.4. The Labute approximate surface area is 588 Å². The highest BCUT2D eigenvalue weighted by molar-refractivity contribution is 6.66. The van der Waals surface area contributed by atoms with Gasteiger partial charge in [0, 0.05) is 49.0 Å². The van der Waals surface area contributed by atoms with Crippen molar-refractivity contribution in [3.8, 4) is 5.69 Å². The summed E-state index contributed by atoms with van der Waals surface area (Å²) < 4.78 is 14.2. The molecule has 23 heteroatoms. The number of ether oxygens (including phenoxy) is 2. The van der Waals surface area contributed by atoms with Crippen molar-refractivity contribution >= 4 is 123 Å². The normalized spacial score (nSPS) is 19.4. The summed E-state index contributed by atoms with van der Waals surface area (Å²) in [6.45, 7) is 24.8. The van der Waals surface area contributed by atoms with E-state index in [0.717, 1.165) is 47.4 Å². The molecule has 6 aromatic rings. The van der Waals surface area contributed by atoms with E-state index in [1.165, 1.54) is 29.9 Å². The van der Waals surface area contributed by atoms with Gasteiger partial charge in [-0.25, -0.2) is 30.1 Å². The molecule has 2 amide bonds. The first-order valence-corrected chi connectivity index (χ1v) is 31.3. The minimum Gasteiger partial charge on any atom is -0.443 e. The molecule has 3 fully saturated rings. The lowest BCUT2D eigenvalue weighted by molar-refractivity contribution is -0.135. The molecule has 1 aromatic heterocycles. The summed E-state index contributed by atoms with van der Waals surface area (Å²) in [7, 11) is -0.130. The Morgan fingerprint density at radius 3 is 1.57 bits per heavy atom. The summed E-state index contributed by atoms with van der Waals surface area (Å²) >= 11 is 41.7.